The molecule has 0 fully saturated rings. The molecule has 9 rings (SSSR count). The molecule has 0 atom stereocenters. The fraction of sp³-hybridized carbons (Fsp3) is 0. The standard InChI is InChI=1S/C42H26N2O2/c1-2-6-32-21-33(18-9-27(32)5-1)34-19-20-37-38(22-34)42(31-16-12-29(13-17-31)40-24-44-26-46-40)36-8-4-3-7-35(36)41(37)30-14-10-28(11-15-30)39-23-43-25-45-39/h1-26H. The maximum atomic E-state index is 5.58. The summed E-state index contributed by atoms with van der Waals surface area (Å²) in [6, 6.07) is 48.0. The SMILES string of the molecule is c1ccc2cc(-c3ccc4c(-c5ccc(-c6cnco6)cc5)c5ccccc5c(-c5ccc(-c6cnco6)cc5)c4c3)ccc2c1. The Kier molecular flexibility index (Phi) is 6.10. The van der Waals surface area contributed by atoms with Gasteiger partial charge in [0.05, 0.1) is 12.4 Å². The Morgan fingerprint density at radius 1 is 0.348 bits per heavy atom. The van der Waals surface area contributed by atoms with Gasteiger partial charge in [0.2, 0.25) is 0 Å². The van der Waals surface area contributed by atoms with E-state index in [1.807, 2.05) is 0 Å². The topological polar surface area (TPSA) is 52.1 Å². The molecule has 0 radical (unpaired) electrons. The Hall–Kier alpha value is -6.26. The van der Waals surface area contributed by atoms with Crippen LogP contribution in [0.2, 0.25) is 0 Å². The van der Waals surface area contributed by atoms with E-state index in [0.29, 0.717) is 0 Å². The fourth-order valence-electron chi connectivity index (χ4n) is 6.67. The fourth-order valence-corrected chi connectivity index (χ4v) is 6.67. The lowest BCUT2D eigenvalue weighted by Gasteiger charge is -2.19. The number of rotatable bonds is 5. The van der Waals surface area contributed by atoms with Gasteiger partial charge in [-0.2, -0.15) is 0 Å². The van der Waals surface area contributed by atoms with Crippen molar-refractivity contribution in [2.24, 2.45) is 0 Å². The van der Waals surface area contributed by atoms with E-state index in [-0.39, 0.29) is 0 Å². The minimum atomic E-state index is 0.754. The lowest BCUT2D eigenvalue weighted by molar-refractivity contribution is 0.571. The van der Waals surface area contributed by atoms with Crippen LogP contribution in [0.1, 0.15) is 0 Å². The van der Waals surface area contributed by atoms with Gasteiger partial charge < -0.3 is 8.83 Å². The van der Waals surface area contributed by atoms with Crippen LogP contribution in [0.5, 0.6) is 0 Å². The van der Waals surface area contributed by atoms with Crippen LogP contribution < -0.4 is 0 Å². The summed E-state index contributed by atoms with van der Waals surface area (Å²) in [4.78, 5) is 8.20. The maximum absolute atomic E-state index is 5.58. The molecule has 0 aliphatic rings. The predicted octanol–water partition coefficient (Wildman–Crippen LogP) is 11.5. The van der Waals surface area contributed by atoms with Gasteiger partial charge in [0, 0.05) is 11.1 Å². The Labute approximate surface area is 265 Å². The second kappa shape index (κ2) is 10.7. The zero-order valence-electron chi connectivity index (χ0n) is 24.7. The molecule has 46 heavy (non-hydrogen) atoms. The first kappa shape index (κ1) is 26.2. The molecule has 9 aromatic rings. The molecule has 0 N–H and O–H groups in total. The third kappa shape index (κ3) is 4.39. The summed E-state index contributed by atoms with van der Waals surface area (Å²) < 4.78 is 11.1. The largest absolute Gasteiger partial charge is 0.444 e. The molecule has 0 aliphatic heterocycles. The normalized spacial score (nSPS) is 11.5. The van der Waals surface area contributed by atoms with Crippen molar-refractivity contribution in [3.05, 3.63) is 159 Å². The van der Waals surface area contributed by atoms with Gasteiger partial charge in [-0.25, -0.2) is 9.97 Å². The van der Waals surface area contributed by atoms with Crippen LogP contribution in [0.4, 0.5) is 0 Å². The lowest BCUT2D eigenvalue weighted by atomic mass is 9.84. The monoisotopic (exact) mass is 590 g/mol. The molecule has 216 valence electrons. The summed E-state index contributed by atoms with van der Waals surface area (Å²) in [6.07, 6.45) is 6.43. The number of nitrogens with zero attached hydrogens (tertiary/aromatic N) is 2. The van der Waals surface area contributed by atoms with E-state index in [1.165, 1.54) is 67.4 Å². The lowest BCUT2D eigenvalue weighted by Crippen LogP contribution is -1.92. The second-order valence-electron chi connectivity index (χ2n) is 11.5. The number of benzene rings is 7. The average Bonchev–Trinajstić information content (AvgIpc) is 3.87. The summed E-state index contributed by atoms with van der Waals surface area (Å²) >= 11 is 0. The van der Waals surface area contributed by atoms with Crippen molar-refractivity contribution in [2.75, 3.05) is 0 Å². The molecule has 0 unspecified atom stereocenters. The van der Waals surface area contributed by atoms with Crippen LogP contribution in [0.25, 0.3) is 88.3 Å². The summed E-state index contributed by atoms with van der Waals surface area (Å²) in [5, 5.41) is 7.27. The molecule has 2 heterocycles. The quantitative estimate of drug-likeness (QED) is 0.187. The highest BCUT2D eigenvalue weighted by Crippen LogP contribution is 2.45. The number of fused-ring (bicyclic) bond motifs is 3. The number of aromatic nitrogens is 2. The minimum absolute atomic E-state index is 0.754. The number of hydrogen-bond donors (Lipinski definition) is 0. The van der Waals surface area contributed by atoms with Crippen molar-refractivity contribution in [2.45, 2.75) is 0 Å². The third-order valence-corrected chi connectivity index (χ3v) is 8.89. The zero-order valence-corrected chi connectivity index (χ0v) is 24.7. The molecule has 0 saturated heterocycles. The molecule has 0 saturated carbocycles. The second-order valence-corrected chi connectivity index (χ2v) is 11.5. The van der Waals surface area contributed by atoms with Crippen molar-refractivity contribution in [1.82, 2.24) is 9.97 Å². The van der Waals surface area contributed by atoms with E-state index in [1.54, 1.807) is 12.4 Å². The number of oxazole rings is 2. The Balaban J connectivity index is 1.31. The average molecular weight is 591 g/mol. The Bertz CT molecular complexity index is 2490. The highest BCUT2D eigenvalue weighted by atomic mass is 16.3. The van der Waals surface area contributed by atoms with Gasteiger partial charge in [-0.15, -0.1) is 0 Å². The van der Waals surface area contributed by atoms with Gasteiger partial charge in [-0.05, 0) is 77.8 Å². The summed E-state index contributed by atoms with van der Waals surface area (Å²) in [5.74, 6) is 1.51. The van der Waals surface area contributed by atoms with Gasteiger partial charge in [-0.3, -0.25) is 0 Å². The van der Waals surface area contributed by atoms with Gasteiger partial charge in [0.25, 0.3) is 0 Å². The van der Waals surface area contributed by atoms with E-state index in [4.69, 9.17) is 8.83 Å². The van der Waals surface area contributed by atoms with Crippen LogP contribution in [-0.4, -0.2) is 9.97 Å². The van der Waals surface area contributed by atoms with Gasteiger partial charge in [0.15, 0.2) is 24.3 Å². The van der Waals surface area contributed by atoms with E-state index >= 15 is 0 Å². The van der Waals surface area contributed by atoms with E-state index in [2.05, 4.69) is 143 Å². The van der Waals surface area contributed by atoms with E-state index in [0.717, 1.165) is 33.8 Å². The van der Waals surface area contributed by atoms with E-state index < -0.39 is 0 Å². The van der Waals surface area contributed by atoms with Crippen molar-refractivity contribution in [3.8, 4) is 56.0 Å². The van der Waals surface area contributed by atoms with Gasteiger partial charge in [0.1, 0.15) is 0 Å². The van der Waals surface area contributed by atoms with Crippen molar-refractivity contribution >= 4 is 32.3 Å². The molecule has 0 aliphatic carbocycles. The highest BCUT2D eigenvalue weighted by Gasteiger charge is 2.18. The summed E-state index contributed by atoms with van der Waals surface area (Å²) in [7, 11) is 0. The van der Waals surface area contributed by atoms with Gasteiger partial charge in [-0.1, -0.05) is 121 Å². The number of hydrogen-bond acceptors (Lipinski definition) is 4. The van der Waals surface area contributed by atoms with Crippen LogP contribution in [-0.2, 0) is 0 Å². The maximum Gasteiger partial charge on any atom is 0.181 e. The molecule has 0 amide bonds. The molecule has 2 aromatic heterocycles. The summed E-state index contributed by atoms with van der Waals surface area (Å²) in [5.41, 5.74) is 9.08. The van der Waals surface area contributed by atoms with Crippen LogP contribution in [0.3, 0.4) is 0 Å². The van der Waals surface area contributed by atoms with Crippen LogP contribution in [0.15, 0.2) is 167 Å². The molecule has 0 spiro atoms. The first-order valence-electron chi connectivity index (χ1n) is 15.3. The van der Waals surface area contributed by atoms with Gasteiger partial charge >= 0.3 is 0 Å². The molecule has 4 heteroatoms. The Morgan fingerprint density at radius 2 is 0.804 bits per heavy atom. The van der Waals surface area contributed by atoms with E-state index in [9.17, 15) is 0 Å². The van der Waals surface area contributed by atoms with Crippen LogP contribution in [0, 0.1) is 0 Å². The predicted molar refractivity (Wildman–Crippen MR) is 186 cm³/mol. The minimum Gasteiger partial charge on any atom is -0.444 e. The van der Waals surface area contributed by atoms with Crippen LogP contribution >= 0.6 is 0 Å². The first-order valence-corrected chi connectivity index (χ1v) is 15.3. The molecular formula is C42H26N2O2. The highest BCUT2D eigenvalue weighted by molar-refractivity contribution is 6.22. The molecule has 0 bridgehead atoms. The van der Waals surface area contributed by atoms with Crippen molar-refractivity contribution in [1.29, 1.82) is 0 Å². The Morgan fingerprint density at radius 3 is 1.39 bits per heavy atom. The molecular weight excluding hydrogens is 564 g/mol. The smallest absolute Gasteiger partial charge is 0.181 e. The van der Waals surface area contributed by atoms with Crippen molar-refractivity contribution in [3.63, 3.8) is 0 Å². The first-order chi connectivity index (χ1) is 22.8. The summed E-state index contributed by atoms with van der Waals surface area (Å²) in [6.45, 7) is 0. The molecule has 4 nitrogen and oxygen atoms in total. The van der Waals surface area contributed by atoms with Crippen molar-refractivity contribution < 1.29 is 8.83 Å². The third-order valence-electron chi connectivity index (χ3n) is 8.89. The molecule has 7 aromatic carbocycles. The zero-order chi connectivity index (χ0) is 30.5.